The van der Waals surface area contributed by atoms with Crippen molar-refractivity contribution in [3.05, 3.63) is 28.5 Å². The Morgan fingerprint density at radius 2 is 2.29 bits per heavy atom. The van der Waals surface area contributed by atoms with E-state index in [-0.39, 0.29) is 24.7 Å². The van der Waals surface area contributed by atoms with E-state index in [1.54, 1.807) is 18.0 Å². The molecule has 6 heteroatoms. The van der Waals surface area contributed by atoms with Crippen LogP contribution in [0.4, 0.5) is 10.1 Å². The van der Waals surface area contributed by atoms with Gasteiger partial charge in [-0.3, -0.25) is 9.69 Å². The van der Waals surface area contributed by atoms with Crippen LogP contribution < -0.4 is 5.32 Å². The van der Waals surface area contributed by atoms with Gasteiger partial charge in [-0.25, -0.2) is 4.39 Å². The largest absolute Gasteiger partial charge is 0.395 e. The van der Waals surface area contributed by atoms with E-state index in [0.717, 1.165) is 0 Å². The van der Waals surface area contributed by atoms with Crippen LogP contribution in [0.25, 0.3) is 0 Å². The maximum atomic E-state index is 13.4. The Hall–Kier alpha value is -0.980. The van der Waals surface area contributed by atoms with Gasteiger partial charge in [0.2, 0.25) is 5.91 Å². The maximum Gasteiger partial charge on any atom is 0.238 e. The second kappa shape index (κ2) is 6.68. The number of nitrogens with zero attached hydrogens (tertiary/aromatic N) is 1. The minimum absolute atomic E-state index is 0.0174. The van der Waals surface area contributed by atoms with Crippen molar-refractivity contribution in [2.45, 2.75) is 0 Å². The van der Waals surface area contributed by atoms with E-state index < -0.39 is 5.82 Å². The van der Waals surface area contributed by atoms with Gasteiger partial charge in [-0.1, -0.05) is 15.9 Å². The molecule has 0 bridgehead atoms. The van der Waals surface area contributed by atoms with Crippen LogP contribution in [0.1, 0.15) is 0 Å². The van der Waals surface area contributed by atoms with Gasteiger partial charge in [-0.05, 0) is 25.2 Å². The fourth-order valence-corrected chi connectivity index (χ4v) is 1.61. The number of anilines is 1. The van der Waals surface area contributed by atoms with E-state index in [9.17, 15) is 9.18 Å². The van der Waals surface area contributed by atoms with E-state index in [0.29, 0.717) is 11.0 Å². The summed E-state index contributed by atoms with van der Waals surface area (Å²) in [6, 6.07) is 4.42. The van der Waals surface area contributed by atoms with Crippen LogP contribution in [-0.2, 0) is 4.79 Å². The molecule has 1 rings (SSSR count). The summed E-state index contributed by atoms with van der Waals surface area (Å²) in [6.07, 6.45) is 0. The molecule has 1 aromatic rings. The molecular weight excluding hydrogens is 291 g/mol. The molecule has 0 unspecified atom stereocenters. The Balaban J connectivity index is 2.56. The number of halogens is 2. The molecule has 94 valence electrons. The fourth-order valence-electron chi connectivity index (χ4n) is 1.28. The summed E-state index contributed by atoms with van der Waals surface area (Å²) in [4.78, 5) is 13.2. The molecule has 0 aromatic heterocycles. The average molecular weight is 305 g/mol. The number of nitrogens with one attached hydrogen (secondary N) is 1. The smallest absolute Gasteiger partial charge is 0.238 e. The van der Waals surface area contributed by atoms with Crippen LogP contribution in [-0.4, -0.2) is 42.7 Å². The summed E-state index contributed by atoms with van der Waals surface area (Å²) < 4.78 is 14.0. The number of likely N-dealkylation sites (N-methyl/N-ethyl adjacent to an activating group) is 1. The van der Waals surface area contributed by atoms with E-state index >= 15 is 0 Å². The minimum Gasteiger partial charge on any atom is -0.395 e. The summed E-state index contributed by atoms with van der Waals surface area (Å²) in [6.45, 7) is 0.489. The van der Waals surface area contributed by atoms with Crippen molar-refractivity contribution in [2.24, 2.45) is 0 Å². The molecule has 1 aromatic carbocycles. The highest BCUT2D eigenvalue weighted by Crippen LogP contribution is 2.19. The van der Waals surface area contributed by atoms with Crippen LogP contribution in [0.5, 0.6) is 0 Å². The van der Waals surface area contributed by atoms with E-state index in [2.05, 4.69) is 21.2 Å². The number of amides is 1. The second-order valence-corrected chi connectivity index (χ2v) is 4.55. The zero-order valence-electron chi connectivity index (χ0n) is 9.41. The van der Waals surface area contributed by atoms with Gasteiger partial charge in [-0.2, -0.15) is 0 Å². The van der Waals surface area contributed by atoms with Gasteiger partial charge < -0.3 is 10.4 Å². The molecule has 2 N–H and O–H groups in total. The van der Waals surface area contributed by atoms with Crippen LogP contribution in [0, 0.1) is 5.82 Å². The predicted octanol–water partition coefficient (Wildman–Crippen LogP) is 1.45. The van der Waals surface area contributed by atoms with Gasteiger partial charge in [0.1, 0.15) is 5.82 Å². The van der Waals surface area contributed by atoms with Crippen molar-refractivity contribution in [2.75, 3.05) is 32.1 Å². The maximum absolute atomic E-state index is 13.4. The highest BCUT2D eigenvalue weighted by Gasteiger charge is 2.09. The highest BCUT2D eigenvalue weighted by atomic mass is 79.9. The van der Waals surface area contributed by atoms with E-state index in [1.165, 1.54) is 12.1 Å². The second-order valence-electron chi connectivity index (χ2n) is 3.63. The molecule has 0 aliphatic rings. The van der Waals surface area contributed by atoms with Crippen LogP contribution in [0.3, 0.4) is 0 Å². The quantitative estimate of drug-likeness (QED) is 0.866. The number of hydrogen-bond donors (Lipinski definition) is 2. The number of carbonyl (C=O) groups is 1. The molecule has 17 heavy (non-hydrogen) atoms. The first kappa shape index (κ1) is 14.1. The van der Waals surface area contributed by atoms with Gasteiger partial charge in [0.05, 0.1) is 18.8 Å². The van der Waals surface area contributed by atoms with Gasteiger partial charge in [-0.15, -0.1) is 0 Å². The minimum atomic E-state index is -0.488. The number of rotatable bonds is 5. The number of benzene rings is 1. The molecule has 0 heterocycles. The lowest BCUT2D eigenvalue weighted by atomic mass is 10.3. The Morgan fingerprint density at radius 3 is 2.88 bits per heavy atom. The summed E-state index contributed by atoms with van der Waals surface area (Å²) >= 11 is 3.13. The van der Waals surface area contributed by atoms with Gasteiger partial charge in [0.25, 0.3) is 0 Å². The lowest BCUT2D eigenvalue weighted by Crippen LogP contribution is -2.32. The van der Waals surface area contributed by atoms with Crippen molar-refractivity contribution in [3.8, 4) is 0 Å². The van der Waals surface area contributed by atoms with Crippen molar-refractivity contribution >= 4 is 27.5 Å². The standard InChI is InChI=1S/C11H14BrFN2O2/c1-15(4-5-16)7-11(17)14-10-3-2-8(12)6-9(10)13/h2-3,6,16H,4-5,7H2,1H3,(H,14,17). The monoisotopic (exact) mass is 304 g/mol. The molecular formula is C11H14BrFN2O2. The van der Waals surface area contributed by atoms with Crippen molar-refractivity contribution < 1.29 is 14.3 Å². The van der Waals surface area contributed by atoms with Gasteiger partial charge in [0.15, 0.2) is 0 Å². The lowest BCUT2D eigenvalue weighted by molar-refractivity contribution is -0.117. The topological polar surface area (TPSA) is 52.6 Å². The number of aliphatic hydroxyl groups is 1. The Labute approximate surface area is 108 Å². The Bertz CT molecular complexity index is 401. The molecule has 0 fully saturated rings. The SMILES string of the molecule is CN(CCO)CC(=O)Nc1ccc(Br)cc1F. The van der Waals surface area contributed by atoms with Gasteiger partial charge in [0, 0.05) is 11.0 Å². The summed E-state index contributed by atoms with van der Waals surface area (Å²) in [5.74, 6) is -0.806. The molecule has 0 saturated carbocycles. The predicted molar refractivity (Wildman–Crippen MR) is 67.3 cm³/mol. The van der Waals surface area contributed by atoms with Crippen molar-refractivity contribution in [3.63, 3.8) is 0 Å². The Morgan fingerprint density at radius 1 is 1.59 bits per heavy atom. The third-order valence-corrected chi connectivity index (χ3v) is 2.59. The van der Waals surface area contributed by atoms with E-state index in [4.69, 9.17) is 5.11 Å². The molecule has 0 saturated heterocycles. The zero-order valence-corrected chi connectivity index (χ0v) is 11.0. The third-order valence-electron chi connectivity index (χ3n) is 2.10. The zero-order chi connectivity index (χ0) is 12.8. The highest BCUT2D eigenvalue weighted by molar-refractivity contribution is 9.10. The first-order chi connectivity index (χ1) is 8.02. The molecule has 1 amide bonds. The molecule has 4 nitrogen and oxygen atoms in total. The molecule has 0 atom stereocenters. The van der Waals surface area contributed by atoms with Crippen molar-refractivity contribution in [1.82, 2.24) is 4.90 Å². The lowest BCUT2D eigenvalue weighted by Gasteiger charge is -2.14. The van der Waals surface area contributed by atoms with E-state index in [1.807, 2.05) is 0 Å². The average Bonchev–Trinajstić information content (AvgIpc) is 2.22. The summed E-state index contributed by atoms with van der Waals surface area (Å²) in [5, 5.41) is 11.1. The normalized spacial score (nSPS) is 10.6. The fraction of sp³-hybridized carbons (Fsp3) is 0.364. The number of carbonyl (C=O) groups excluding carboxylic acids is 1. The molecule has 0 aliphatic heterocycles. The number of hydrogen-bond acceptors (Lipinski definition) is 3. The molecule has 0 aliphatic carbocycles. The number of aliphatic hydroxyl groups excluding tert-OH is 1. The van der Waals surface area contributed by atoms with Crippen LogP contribution in [0.2, 0.25) is 0 Å². The molecule has 0 radical (unpaired) electrons. The third kappa shape index (κ3) is 4.80. The van der Waals surface area contributed by atoms with Crippen LogP contribution >= 0.6 is 15.9 Å². The summed E-state index contributed by atoms with van der Waals surface area (Å²) in [5.41, 5.74) is 0.149. The summed E-state index contributed by atoms with van der Waals surface area (Å²) in [7, 11) is 1.70. The molecule has 0 spiro atoms. The van der Waals surface area contributed by atoms with Crippen molar-refractivity contribution in [1.29, 1.82) is 0 Å². The van der Waals surface area contributed by atoms with Crippen LogP contribution in [0.15, 0.2) is 22.7 Å². The first-order valence-corrected chi connectivity index (χ1v) is 5.86. The van der Waals surface area contributed by atoms with Gasteiger partial charge >= 0.3 is 0 Å². The Kier molecular flexibility index (Phi) is 5.54. The first-order valence-electron chi connectivity index (χ1n) is 5.07.